The minimum absolute atomic E-state index is 0.00572. The average molecular weight is 317 g/mol. The molecule has 0 saturated heterocycles. The molecule has 2 aromatic rings. The Balaban J connectivity index is 1.66. The van der Waals surface area contributed by atoms with Crippen molar-refractivity contribution in [1.29, 1.82) is 0 Å². The van der Waals surface area contributed by atoms with E-state index in [2.05, 4.69) is 20.8 Å². The monoisotopic (exact) mass is 317 g/mol. The Morgan fingerprint density at radius 2 is 2.13 bits per heavy atom. The van der Waals surface area contributed by atoms with Crippen LogP contribution in [-0.4, -0.2) is 40.3 Å². The van der Waals surface area contributed by atoms with Gasteiger partial charge >= 0.3 is 0 Å². The van der Waals surface area contributed by atoms with E-state index in [1.807, 2.05) is 12.1 Å². The number of aromatic nitrogens is 4. The second kappa shape index (κ2) is 6.64. The summed E-state index contributed by atoms with van der Waals surface area (Å²) in [6, 6.07) is 3.95. The Morgan fingerprint density at radius 3 is 2.83 bits per heavy atom. The largest absolute Gasteiger partial charge is 0.493 e. The van der Waals surface area contributed by atoms with E-state index < -0.39 is 0 Å². The Labute approximate surface area is 133 Å². The van der Waals surface area contributed by atoms with Gasteiger partial charge in [0.25, 0.3) is 0 Å². The first-order valence-electron chi connectivity index (χ1n) is 7.46. The number of amides is 1. The zero-order valence-corrected chi connectivity index (χ0v) is 13.2. The summed E-state index contributed by atoms with van der Waals surface area (Å²) in [4.78, 5) is 12.1. The van der Waals surface area contributed by atoms with E-state index in [9.17, 15) is 4.79 Å². The quantitative estimate of drug-likeness (QED) is 0.850. The second-order valence-electron chi connectivity index (χ2n) is 5.39. The van der Waals surface area contributed by atoms with Crippen LogP contribution in [0.5, 0.6) is 11.5 Å². The van der Waals surface area contributed by atoms with E-state index in [0.29, 0.717) is 18.7 Å². The number of ether oxygens (including phenoxy) is 2. The maximum absolute atomic E-state index is 12.1. The zero-order valence-electron chi connectivity index (χ0n) is 13.2. The molecule has 0 saturated carbocycles. The van der Waals surface area contributed by atoms with Crippen LogP contribution in [0, 0.1) is 0 Å². The average Bonchev–Trinajstić information content (AvgIpc) is 3.21. The van der Waals surface area contributed by atoms with Crippen LogP contribution in [0.1, 0.15) is 30.0 Å². The van der Waals surface area contributed by atoms with Crippen molar-refractivity contribution >= 4 is 5.91 Å². The Bertz CT molecular complexity index is 687. The molecule has 1 N–H and O–H groups in total. The van der Waals surface area contributed by atoms with Crippen molar-refractivity contribution in [3.8, 4) is 11.5 Å². The Morgan fingerprint density at radius 1 is 1.35 bits per heavy atom. The van der Waals surface area contributed by atoms with Crippen molar-refractivity contribution in [1.82, 2.24) is 25.5 Å². The number of benzene rings is 1. The van der Waals surface area contributed by atoms with Gasteiger partial charge in [0.2, 0.25) is 5.91 Å². The first-order chi connectivity index (χ1) is 11.2. The molecule has 0 fully saturated rings. The van der Waals surface area contributed by atoms with Gasteiger partial charge in [0.15, 0.2) is 11.5 Å². The van der Waals surface area contributed by atoms with Crippen LogP contribution >= 0.6 is 0 Å². The third-order valence-electron chi connectivity index (χ3n) is 4.02. The van der Waals surface area contributed by atoms with E-state index in [4.69, 9.17) is 9.47 Å². The molecule has 0 bridgehead atoms. The van der Waals surface area contributed by atoms with Crippen LogP contribution in [0.2, 0.25) is 0 Å². The van der Waals surface area contributed by atoms with Gasteiger partial charge < -0.3 is 14.8 Å². The van der Waals surface area contributed by atoms with Gasteiger partial charge in [-0.3, -0.25) is 4.79 Å². The van der Waals surface area contributed by atoms with Gasteiger partial charge in [-0.25, -0.2) is 4.68 Å². The molecule has 1 heterocycles. The van der Waals surface area contributed by atoms with Crippen LogP contribution in [-0.2, 0) is 17.8 Å². The maximum Gasteiger partial charge on any atom is 0.222 e. The van der Waals surface area contributed by atoms with Gasteiger partial charge in [-0.1, -0.05) is 0 Å². The molecule has 1 aliphatic rings. The molecule has 122 valence electrons. The highest BCUT2D eigenvalue weighted by molar-refractivity contribution is 5.76. The van der Waals surface area contributed by atoms with Gasteiger partial charge in [-0.15, -0.1) is 5.10 Å². The van der Waals surface area contributed by atoms with Crippen LogP contribution in [0.25, 0.3) is 0 Å². The lowest BCUT2D eigenvalue weighted by molar-refractivity contribution is -0.122. The molecule has 1 aromatic carbocycles. The van der Waals surface area contributed by atoms with Gasteiger partial charge in [0.05, 0.1) is 26.8 Å². The number of aryl methyl sites for hydroxylation is 2. The highest BCUT2D eigenvalue weighted by Crippen LogP contribution is 2.39. The molecule has 0 spiro atoms. The third kappa shape index (κ3) is 3.25. The number of carbonyl (C=O) groups excluding carboxylic acids is 1. The van der Waals surface area contributed by atoms with Crippen LogP contribution in [0.4, 0.5) is 0 Å². The molecule has 23 heavy (non-hydrogen) atoms. The van der Waals surface area contributed by atoms with Crippen molar-refractivity contribution in [3.63, 3.8) is 0 Å². The second-order valence-corrected chi connectivity index (χ2v) is 5.39. The summed E-state index contributed by atoms with van der Waals surface area (Å²) < 4.78 is 12.2. The molecule has 3 rings (SSSR count). The first-order valence-corrected chi connectivity index (χ1v) is 7.46. The van der Waals surface area contributed by atoms with Crippen LogP contribution in [0.15, 0.2) is 18.5 Å². The normalized spacial score (nSPS) is 16.0. The fourth-order valence-corrected chi connectivity index (χ4v) is 2.85. The van der Waals surface area contributed by atoms with Crippen molar-refractivity contribution in [2.75, 3.05) is 14.2 Å². The van der Waals surface area contributed by atoms with Crippen molar-refractivity contribution in [3.05, 3.63) is 29.6 Å². The van der Waals surface area contributed by atoms with E-state index in [1.165, 1.54) is 16.6 Å². The summed E-state index contributed by atoms with van der Waals surface area (Å²) in [5.74, 6) is 1.38. The SMILES string of the molecule is COc1cc2c(cc1OC)[C@H](NC(=O)CCn1cnnn1)CC2. The molecule has 1 aromatic heterocycles. The highest BCUT2D eigenvalue weighted by Gasteiger charge is 2.26. The maximum atomic E-state index is 12.1. The van der Waals surface area contributed by atoms with Crippen molar-refractivity contribution in [2.45, 2.75) is 31.8 Å². The summed E-state index contributed by atoms with van der Waals surface area (Å²) in [6.07, 6.45) is 3.62. The van der Waals surface area contributed by atoms with Gasteiger partial charge in [0, 0.05) is 6.42 Å². The summed E-state index contributed by atoms with van der Waals surface area (Å²) in [7, 11) is 3.23. The van der Waals surface area contributed by atoms with E-state index >= 15 is 0 Å². The topological polar surface area (TPSA) is 91.2 Å². The number of tetrazole rings is 1. The number of methoxy groups -OCH3 is 2. The third-order valence-corrected chi connectivity index (χ3v) is 4.02. The van der Waals surface area contributed by atoms with Gasteiger partial charge in [-0.2, -0.15) is 0 Å². The predicted octanol–water partition coefficient (Wildman–Crippen LogP) is 0.884. The molecule has 0 unspecified atom stereocenters. The minimum atomic E-state index is -0.0202. The molecule has 0 radical (unpaired) electrons. The smallest absolute Gasteiger partial charge is 0.222 e. The Hall–Kier alpha value is -2.64. The summed E-state index contributed by atoms with van der Waals surface area (Å²) in [5.41, 5.74) is 2.28. The number of carbonyl (C=O) groups is 1. The lowest BCUT2D eigenvalue weighted by Crippen LogP contribution is -2.28. The number of hydrogen-bond acceptors (Lipinski definition) is 6. The lowest BCUT2D eigenvalue weighted by atomic mass is 10.1. The molecule has 0 aliphatic heterocycles. The molecule has 8 nitrogen and oxygen atoms in total. The van der Waals surface area contributed by atoms with Gasteiger partial charge in [-0.05, 0) is 46.5 Å². The zero-order chi connectivity index (χ0) is 16.2. The highest BCUT2D eigenvalue weighted by atomic mass is 16.5. The van der Waals surface area contributed by atoms with Crippen LogP contribution < -0.4 is 14.8 Å². The number of nitrogens with one attached hydrogen (secondary N) is 1. The molecular formula is C15H19N5O3. The fraction of sp³-hybridized carbons (Fsp3) is 0.467. The fourth-order valence-electron chi connectivity index (χ4n) is 2.85. The van der Waals surface area contributed by atoms with Crippen LogP contribution in [0.3, 0.4) is 0 Å². The van der Waals surface area contributed by atoms with Crippen molar-refractivity contribution in [2.24, 2.45) is 0 Å². The summed E-state index contributed by atoms with van der Waals surface area (Å²) >= 11 is 0. The molecule has 8 heteroatoms. The number of rotatable bonds is 6. The molecular weight excluding hydrogens is 298 g/mol. The first kappa shape index (κ1) is 15.3. The van der Waals surface area contributed by atoms with E-state index in [-0.39, 0.29) is 11.9 Å². The standard InChI is InChI=1S/C15H19N5O3/c1-22-13-7-10-3-4-12(11(10)8-14(13)23-2)17-15(21)5-6-20-9-16-18-19-20/h7-9,12H,3-6H2,1-2H3,(H,17,21)/t12-/m1/s1. The number of fused-ring (bicyclic) bond motifs is 1. The van der Waals surface area contributed by atoms with E-state index in [1.54, 1.807) is 14.2 Å². The van der Waals surface area contributed by atoms with Gasteiger partial charge in [0.1, 0.15) is 6.33 Å². The van der Waals surface area contributed by atoms with E-state index in [0.717, 1.165) is 24.2 Å². The minimum Gasteiger partial charge on any atom is -0.493 e. The number of nitrogens with zero attached hydrogens (tertiary/aromatic N) is 4. The molecule has 1 aliphatic carbocycles. The molecule has 1 amide bonds. The summed E-state index contributed by atoms with van der Waals surface area (Å²) in [5, 5.41) is 13.9. The van der Waals surface area contributed by atoms with Crippen molar-refractivity contribution < 1.29 is 14.3 Å². The lowest BCUT2D eigenvalue weighted by Gasteiger charge is -2.16. The predicted molar refractivity (Wildman–Crippen MR) is 81.2 cm³/mol. The molecule has 1 atom stereocenters. The summed E-state index contributed by atoms with van der Waals surface area (Å²) in [6.45, 7) is 0.463. The Kier molecular flexibility index (Phi) is 4.40. The number of hydrogen-bond donors (Lipinski definition) is 1.